The van der Waals surface area contributed by atoms with Crippen molar-refractivity contribution in [2.45, 2.75) is 0 Å². The molecule has 1 heterocycles. The first kappa shape index (κ1) is 20.1. The quantitative estimate of drug-likeness (QED) is 0.405. The standard InChI is InChI=1S/C22H16Cl2N2O4/c1-28-18-8-6-12(10-19(18)29-2)22-26-16-11-13(7-9-17(16)30-22)25-21(27)14-4-3-5-15(23)20(14)24/h3-11H,1-2H3,(H,25,27). The smallest absolute Gasteiger partial charge is 0.257 e. The molecule has 0 saturated heterocycles. The van der Waals surface area contributed by atoms with Gasteiger partial charge in [-0.25, -0.2) is 4.98 Å². The molecule has 0 fully saturated rings. The molecule has 0 atom stereocenters. The first-order valence-corrected chi connectivity index (χ1v) is 9.64. The minimum Gasteiger partial charge on any atom is -0.493 e. The molecule has 8 heteroatoms. The molecular weight excluding hydrogens is 427 g/mol. The fourth-order valence-electron chi connectivity index (χ4n) is 2.98. The summed E-state index contributed by atoms with van der Waals surface area (Å²) in [7, 11) is 3.14. The zero-order valence-electron chi connectivity index (χ0n) is 16.0. The number of oxazole rings is 1. The van der Waals surface area contributed by atoms with Crippen LogP contribution in [0.5, 0.6) is 11.5 Å². The van der Waals surface area contributed by atoms with Gasteiger partial charge in [0.15, 0.2) is 17.1 Å². The van der Waals surface area contributed by atoms with E-state index >= 15 is 0 Å². The van der Waals surface area contributed by atoms with Gasteiger partial charge in [-0.05, 0) is 48.5 Å². The molecule has 1 amide bonds. The zero-order chi connectivity index (χ0) is 21.3. The maximum Gasteiger partial charge on any atom is 0.257 e. The third-order valence-electron chi connectivity index (χ3n) is 4.47. The highest BCUT2D eigenvalue weighted by atomic mass is 35.5. The number of aromatic nitrogens is 1. The molecule has 3 aromatic carbocycles. The number of amides is 1. The Morgan fingerprint density at radius 2 is 1.80 bits per heavy atom. The Labute approximate surface area is 182 Å². The second-order valence-electron chi connectivity index (χ2n) is 6.33. The van der Waals surface area contributed by atoms with Crippen molar-refractivity contribution < 1.29 is 18.7 Å². The zero-order valence-corrected chi connectivity index (χ0v) is 17.5. The number of benzene rings is 3. The van der Waals surface area contributed by atoms with Gasteiger partial charge >= 0.3 is 0 Å². The SMILES string of the molecule is COc1ccc(-c2nc3cc(NC(=O)c4cccc(Cl)c4Cl)ccc3o2)cc1OC. The normalized spacial score (nSPS) is 10.8. The fourth-order valence-corrected chi connectivity index (χ4v) is 3.36. The van der Waals surface area contributed by atoms with E-state index in [4.69, 9.17) is 37.1 Å². The Morgan fingerprint density at radius 1 is 1.00 bits per heavy atom. The van der Waals surface area contributed by atoms with Crippen LogP contribution < -0.4 is 14.8 Å². The minimum absolute atomic E-state index is 0.204. The molecule has 0 aliphatic carbocycles. The highest BCUT2D eigenvalue weighted by Crippen LogP contribution is 2.34. The predicted molar refractivity (Wildman–Crippen MR) is 117 cm³/mol. The molecule has 1 aromatic heterocycles. The Bertz CT molecular complexity index is 1250. The van der Waals surface area contributed by atoms with Gasteiger partial charge in [0.25, 0.3) is 5.91 Å². The van der Waals surface area contributed by atoms with Crippen LogP contribution >= 0.6 is 23.2 Å². The summed E-state index contributed by atoms with van der Waals surface area (Å²) >= 11 is 12.1. The van der Waals surface area contributed by atoms with Gasteiger partial charge in [0.05, 0.1) is 29.8 Å². The van der Waals surface area contributed by atoms with Gasteiger partial charge in [-0.15, -0.1) is 0 Å². The molecular formula is C22H16Cl2N2O4. The summed E-state index contributed by atoms with van der Waals surface area (Å²) in [5.74, 6) is 1.24. The number of fused-ring (bicyclic) bond motifs is 1. The van der Waals surface area contributed by atoms with E-state index in [-0.39, 0.29) is 16.5 Å². The molecule has 6 nitrogen and oxygen atoms in total. The van der Waals surface area contributed by atoms with Gasteiger partial charge < -0.3 is 19.2 Å². The summed E-state index contributed by atoms with van der Waals surface area (Å²) in [5, 5.41) is 3.32. The van der Waals surface area contributed by atoms with Gasteiger partial charge in [-0.3, -0.25) is 4.79 Å². The second-order valence-corrected chi connectivity index (χ2v) is 7.11. The number of carbonyl (C=O) groups is 1. The van der Waals surface area contributed by atoms with E-state index < -0.39 is 0 Å². The summed E-state index contributed by atoms with van der Waals surface area (Å²) in [6, 6.07) is 15.5. The van der Waals surface area contributed by atoms with E-state index in [1.54, 1.807) is 62.8 Å². The summed E-state index contributed by atoms with van der Waals surface area (Å²) < 4.78 is 16.4. The van der Waals surface area contributed by atoms with Crippen LogP contribution in [0, 0.1) is 0 Å². The second kappa shape index (κ2) is 8.26. The molecule has 0 aliphatic rings. The number of methoxy groups -OCH3 is 2. The van der Waals surface area contributed by atoms with Crippen molar-refractivity contribution in [3.63, 3.8) is 0 Å². The van der Waals surface area contributed by atoms with Crippen LogP contribution in [0.1, 0.15) is 10.4 Å². The summed E-state index contributed by atoms with van der Waals surface area (Å²) in [4.78, 5) is 17.1. The van der Waals surface area contributed by atoms with Gasteiger partial charge in [-0.2, -0.15) is 0 Å². The van der Waals surface area contributed by atoms with Gasteiger partial charge in [0, 0.05) is 11.3 Å². The summed E-state index contributed by atoms with van der Waals surface area (Å²) in [5.41, 5.74) is 2.75. The number of nitrogens with one attached hydrogen (secondary N) is 1. The maximum atomic E-state index is 12.6. The first-order valence-electron chi connectivity index (χ1n) is 8.88. The number of hydrogen-bond donors (Lipinski definition) is 1. The van der Waals surface area contributed by atoms with E-state index in [1.165, 1.54) is 0 Å². The van der Waals surface area contributed by atoms with Crippen molar-refractivity contribution in [2.24, 2.45) is 0 Å². The molecule has 30 heavy (non-hydrogen) atoms. The maximum absolute atomic E-state index is 12.6. The van der Waals surface area contributed by atoms with Crippen LogP contribution in [0.15, 0.2) is 59.0 Å². The Balaban J connectivity index is 1.63. The summed E-state index contributed by atoms with van der Waals surface area (Å²) in [6.07, 6.45) is 0. The van der Waals surface area contributed by atoms with Crippen LogP contribution in [-0.2, 0) is 0 Å². The van der Waals surface area contributed by atoms with Crippen LogP contribution in [0.3, 0.4) is 0 Å². The van der Waals surface area contributed by atoms with E-state index in [1.807, 2.05) is 6.07 Å². The lowest BCUT2D eigenvalue weighted by Gasteiger charge is -2.07. The average Bonchev–Trinajstić information content (AvgIpc) is 3.18. The molecule has 4 aromatic rings. The highest BCUT2D eigenvalue weighted by molar-refractivity contribution is 6.44. The lowest BCUT2D eigenvalue weighted by Crippen LogP contribution is -2.12. The van der Waals surface area contributed by atoms with Crippen molar-refractivity contribution in [1.29, 1.82) is 0 Å². The van der Waals surface area contributed by atoms with Gasteiger partial charge in [-0.1, -0.05) is 29.3 Å². The minimum atomic E-state index is -0.370. The van der Waals surface area contributed by atoms with E-state index in [0.717, 1.165) is 5.56 Å². The molecule has 0 radical (unpaired) electrons. The monoisotopic (exact) mass is 442 g/mol. The van der Waals surface area contributed by atoms with Crippen molar-refractivity contribution in [2.75, 3.05) is 19.5 Å². The van der Waals surface area contributed by atoms with Crippen LogP contribution in [-0.4, -0.2) is 25.1 Å². The van der Waals surface area contributed by atoms with Crippen molar-refractivity contribution in [1.82, 2.24) is 4.98 Å². The number of carbonyl (C=O) groups excluding carboxylic acids is 1. The number of hydrogen-bond acceptors (Lipinski definition) is 5. The number of halogens is 2. The lowest BCUT2D eigenvalue weighted by atomic mass is 10.2. The first-order chi connectivity index (χ1) is 14.5. The van der Waals surface area contributed by atoms with Crippen molar-refractivity contribution in [3.05, 3.63) is 70.2 Å². The number of anilines is 1. The number of rotatable bonds is 5. The molecule has 0 saturated carbocycles. The van der Waals surface area contributed by atoms with E-state index in [9.17, 15) is 4.79 Å². The van der Waals surface area contributed by atoms with Crippen LogP contribution in [0.2, 0.25) is 10.0 Å². The van der Waals surface area contributed by atoms with Crippen molar-refractivity contribution in [3.8, 4) is 23.0 Å². The fraction of sp³-hybridized carbons (Fsp3) is 0.0909. The molecule has 0 bridgehead atoms. The third-order valence-corrected chi connectivity index (χ3v) is 5.29. The molecule has 1 N–H and O–H groups in total. The Morgan fingerprint density at radius 3 is 2.57 bits per heavy atom. The third kappa shape index (κ3) is 3.79. The van der Waals surface area contributed by atoms with E-state index in [2.05, 4.69) is 10.3 Å². The highest BCUT2D eigenvalue weighted by Gasteiger charge is 2.15. The van der Waals surface area contributed by atoms with Gasteiger partial charge in [0.1, 0.15) is 5.52 Å². The molecule has 4 rings (SSSR count). The average molecular weight is 443 g/mol. The molecule has 0 unspecified atom stereocenters. The lowest BCUT2D eigenvalue weighted by molar-refractivity contribution is 0.102. The number of nitrogens with zero attached hydrogens (tertiary/aromatic N) is 1. The predicted octanol–water partition coefficient (Wildman–Crippen LogP) is 6.07. The molecule has 0 aliphatic heterocycles. The van der Waals surface area contributed by atoms with E-state index in [0.29, 0.717) is 39.2 Å². The van der Waals surface area contributed by atoms with Gasteiger partial charge in [0.2, 0.25) is 5.89 Å². The van der Waals surface area contributed by atoms with Crippen LogP contribution in [0.25, 0.3) is 22.6 Å². The Hall–Kier alpha value is -3.22. The molecule has 0 spiro atoms. The number of ether oxygens (including phenoxy) is 2. The Kier molecular flexibility index (Phi) is 5.53. The van der Waals surface area contributed by atoms with Crippen molar-refractivity contribution >= 4 is 45.9 Å². The van der Waals surface area contributed by atoms with Crippen LogP contribution in [0.4, 0.5) is 5.69 Å². The largest absolute Gasteiger partial charge is 0.493 e. The topological polar surface area (TPSA) is 73.6 Å². The summed E-state index contributed by atoms with van der Waals surface area (Å²) in [6.45, 7) is 0. The molecule has 152 valence electrons.